The molecule has 0 atom stereocenters. The van der Waals surface area contributed by atoms with Crippen LogP contribution in [0, 0.1) is 0 Å². The minimum atomic E-state index is -3.15. The first-order valence-electron chi connectivity index (χ1n) is 11.1. The van der Waals surface area contributed by atoms with Crippen LogP contribution in [0.25, 0.3) is 38.8 Å². The number of amides is 2. The second kappa shape index (κ2) is 8.56. The molecule has 3 aromatic heterocycles. The lowest BCUT2D eigenvalue weighted by atomic mass is 10.0. The molecule has 0 fully saturated rings. The smallest absolute Gasteiger partial charge is 0.333 e. The highest BCUT2D eigenvalue weighted by Crippen LogP contribution is 2.35. The van der Waals surface area contributed by atoms with Gasteiger partial charge >= 0.3 is 11.7 Å². The fourth-order valence-electron chi connectivity index (χ4n) is 4.26. The number of anilines is 1. The molecule has 0 aliphatic rings. The van der Waals surface area contributed by atoms with Crippen LogP contribution in [-0.4, -0.2) is 32.2 Å². The zero-order valence-electron chi connectivity index (χ0n) is 19.7. The quantitative estimate of drug-likeness (QED) is 0.380. The molecule has 182 valence electrons. The number of imidazole rings is 1. The normalized spacial score (nSPS) is 11.7. The molecule has 8 nitrogen and oxygen atoms in total. The Morgan fingerprint density at radius 3 is 2.44 bits per heavy atom. The molecule has 0 aliphatic carbocycles. The van der Waals surface area contributed by atoms with Crippen LogP contribution in [0.15, 0.2) is 71.8 Å². The molecule has 3 heterocycles. The van der Waals surface area contributed by atoms with Crippen molar-refractivity contribution >= 4 is 33.8 Å². The molecule has 2 amide bonds. The number of carbonyl (C=O) groups excluding carboxylic acids is 1. The van der Waals surface area contributed by atoms with Gasteiger partial charge in [-0.1, -0.05) is 24.3 Å². The van der Waals surface area contributed by atoms with Crippen LogP contribution in [0.3, 0.4) is 0 Å². The fraction of sp³-hybridized carbons (Fsp3) is 0.154. The van der Waals surface area contributed by atoms with Crippen LogP contribution in [0.4, 0.5) is 19.4 Å². The Morgan fingerprint density at radius 1 is 1.00 bits per heavy atom. The maximum Gasteiger partial charge on any atom is 0.333 e. The van der Waals surface area contributed by atoms with E-state index in [0.717, 1.165) is 18.1 Å². The molecule has 10 heteroatoms. The summed E-state index contributed by atoms with van der Waals surface area (Å²) in [4.78, 5) is 33.6. The van der Waals surface area contributed by atoms with Gasteiger partial charge in [0, 0.05) is 43.7 Å². The lowest BCUT2D eigenvalue weighted by molar-refractivity contribution is 0.0175. The summed E-state index contributed by atoms with van der Waals surface area (Å²) in [5.74, 6) is -2.76. The fourth-order valence-corrected chi connectivity index (χ4v) is 4.26. The van der Waals surface area contributed by atoms with E-state index in [1.165, 1.54) is 34.4 Å². The Kier molecular flexibility index (Phi) is 5.51. The zero-order valence-corrected chi connectivity index (χ0v) is 19.7. The molecule has 0 unspecified atom stereocenters. The average Bonchev–Trinajstić information content (AvgIpc) is 3.13. The Balaban J connectivity index is 1.74. The van der Waals surface area contributed by atoms with Crippen LogP contribution in [0.1, 0.15) is 12.5 Å². The van der Waals surface area contributed by atoms with Crippen molar-refractivity contribution in [1.82, 2.24) is 24.4 Å². The van der Waals surface area contributed by atoms with Gasteiger partial charge in [-0.3, -0.25) is 19.4 Å². The number of carbonyl (C=O) groups is 1. The van der Waals surface area contributed by atoms with Crippen molar-refractivity contribution in [2.75, 3.05) is 12.4 Å². The number of benzene rings is 2. The number of fused-ring (bicyclic) bond motifs is 3. The highest BCUT2D eigenvalue weighted by molar-refractivity contribution is 6.04. The number of hydrogen-bond donors (Lipinski definition) is 2. The van der Waals surface area contributed by atoms with Crippen molar-refractivity contribution in [3.8, 4) is 16.8 Å². The van der Waals surface area contributed by atoms with E-state index >= 15 is 0 Å². The van der Waals surface area contributed by atoms with Gasteiger partial charge in [0.25, 0.3) is 5.92 Å². The van der Waals surface area contributed by atoms with Crippen molar-refractivity contribution in [3.05, 3.63) is 83.0 Å². The minimum absolute atomic E-state index is 0.116. The Bertz CT molecular complexity index is 1680. The highest BCUT2D eigenvalue weighted by Gasteiger charge is 2.30. The number of para-hydroxylation sites is 1. The number of halogens is 2. The van der Waals surface area contributed by atoms with Gasteiger partial charge in [0.15, 0.2) is 0 Å². The summed E-state index contributed by atoms with van der Waals surface area (Å²) < 4.78 is 31.7. The first-order valence-corrected chi connectivity index (χ1v) is 11.1. The predicted octanol–water partition coefficient (Wildman–Crippen LogP) is 4.80. The molecule has 36 heavy (non-hydrogen) atoms. The molecule has 0 bridgehead atoms. The molecule has 0 spiro atoms. The summed E-state index contributed by atoms with van der Waals surface area (Å²) in [6.45, 7) is 0.815. The molecule has 5 aromatic rings. The van der Waals surface area contributed by atoms with E-state index in [1.807, 2.05) is 18.2 Å². The molecular weight excluding hydrogens is 466 g/mol. The molecule has 0 aliphatic heterocycles. The summed E-state index contributed by atoms with van der Waals surface area (Å²) in [5.41, 5.74) is 2.58. The van der Waals surface area contributed by atoms with E-state index in [-0.39, 0.29) is 17.3 Å². The minimum Gasteiger partial charge on any atom is -0.341 e. The van der Waals surface area contributed by atoms with Gasteiger partial charge in [0.05, 0.1) is 28.4 Å². The third kappa shape index (κ3) is 3.86. The number of pyridine rings is 2. The number of nitrogens with one attached hydrogen (secondary N) is 2. The maximum absolute atomic E-state index is 14.5. The monoisotopic (exact) mass is 488 g/mol. The van der Waals surface area contributed by atoms with Crippen LogP contribution >= 0.6 is 0 Å². The van der Waals surface area contributed by atoms with Gasteiger partial charge < -0.3 is 5.32 Å². The van der Waals surface area contributed by atoms with Crippen molar-refractivity contribution < 1.29 is 13.6 Å². The summed E-state index contributed by atoms with van der Waals surface area (Å²) >= 11 is 0. The maximum atomic E-state index is 14.5. The number of urea groups is 1. The topological polar surface area (TPSA) is 93.8 Å². The van der Waals surface area contributed by atoms with Crippen molar-refractivity contribution in [3.63, 3.8) is 0 Å². The summed E-state index contributed by atoms with van der Waals surface area (Å²) in [6.07, 6.45) is 3.19. The standard InChI is InChI=1S/C26H22F2N6O2/c1-26(27,28)18-6-4-5-7-20(18)34-23-17-12-15(16-9-11-22(31-13-16)32-24(35)29-2)8-10-19(17)30-14-21(23)33(3)25(34)36/h4-14H,1-3H3,(H2,29,31,32,35). The number of rotatable bonds is 4. The second-order valence-corrected chi connectivity index (χ2v) is 8.44. The number of nitrogens with zero attached hydrogens (tertiary/aromatic N) is 4. The molecule has 0 saturated heterocycles. The average molecular weight is 488 g/mol. The molecule has 2 N–H and O–H groups in total. The number of aromatic nitrogens is 4. The van der Waals surface area contributed by atoms with Gasteiger partial charge in [-0.05, 0) is 35.9 Å². The lowest BCUT2D eigenvalue weighted by Crippen LogP contribution is -2.24. The Labute approximate surface area is 204 Å². The van der Waals surface area contributed by atoms with Crippen molar-refractivity contribution in [2.24, 2.45) is 7.05 Å². The molecular formula is C26H22F2N6O2. The highest BCUT2D eigenvalue weighted by atomic mass is 19.3. The van der Waals surface area contributed by atoms with Gasteiger partial charge in [-0.2, -0.15) is 0 Å². The van der Waals surface area contributed by atoms with Crippen molar-refractivity contribution in [2.45, 2.75) is 12.8 Å². The number of aryl methyl sites for hydroxylation is 1. The van der Waals surface area contributed by atoms with Gasteiger partial charge in [0.1, 0.15) is 5.82 Å². The molecule has 5 rings (SSSR count). The Hall–Kier alpha value is -4.60. The third-order valence-corrected chi connectivity index (χ3v) is 6.07. The number of hydrogen-bond acceptors (Lipinski definition) is 4. The van der Waals surface area contributed by atoms with E-state index < -0.39 is 11.6 Å². The van der Waals surface area contributed by atoms with E-state index in [2.05, 4.69) is 20.6 Å². The summed E-state index contributed by atoms with van der Waals surface area (Å²) in [5, 5.41) is 5.69. The SMILES string of the molecule is CNC(=O)Nc1ccc(-c2ccc3ncc4c(c3c2)n(-c2ccccc2C(C)(F)F)c(=O)n4C)cn1. The first kappa shape index (κ1) is 23.2. The Morgan fingerprint density at radius 2 is 1.75 bits per heavy atom. The van der Waals surface area contributed by atoms with E-state index in [4.69, 9.17) is 0 Å². The summed E-state index contributed by atoms with van der Waals surface area (Å²) in [7, 11) is 3.10. The van der Waals surface area contributed by atoms with Gasteiger partial charge in [0.2, 0.25) is 0 Å². The van der Waals surface area contributed by atoms with Crippen molar-refractivity contribution in [1.29, 1.82) is 0 Å². The molecule has 2 aromatic carbocycles. The second-order valence-electron chi connectivity index (χ2n) is 8.44. The van der Waals surface area contributed by atoms with Crippen LogP contribution in [0.5, 0.6) is 0 Å². The lowest BCUT2D eigenvalue weighted by Gasteiger charge is -2.16. The molecule has 0 radical (unpaired) electrons. The predicted molar refractivity (Wildman–Crippen MR) is 135 cm³/mol. The third-order valence-electron chi connectivity index (χ3n) is 6.07. The van der Waals surface area contributed by atoms with E-state index in [1.54, 1.807) is 37.6 Å². The largest absolute Gasteiger partial charge is 0.341 e. The van der Waals surface area contributed by atoms with E-state index in [9.17, 15) is 18.4 Å². The zero-order chi connectivity index (χ0) is 25.6. The van der Waals surface area contributed by atoms with Crippen LogP contribution < -0.4 is 16.3 Å². The summed E-state index contributed by atoms with van der Waals surface area (Å²) in [6, 6.07) is 14.6. The van der Waals surface area contributed by atoms with Gasteiger partial charge in [-0.15, -0.1) is 0 Å². The molecule has 0 saturated carbocycles. The van der Waals surface area contributed by atoms with E-state index in [0.29, 0.717) is 27.8 Å². The van der Waals surface area contributed by atoms with Gasteiger partial charge in [-0.25, -0.2) is 23.4 Å². The van der Waals surface area contributed by atoms with Crippen LogP contribution in [0.2, 0.25) is 0 Å². The number of alkyl halides is 2. The van der Waals surface area contributed by atoms with Crippen LogP contribution in [-0.2, 0) is 13.0 Å². The first-order chi connectivity index (χ1) is 17.2.